The summed E-state index contributed by atoms with van der Waals surface area (Å²) in [5.74, 6) is 2.09. The molecule has 4 heteroatoms. The van der Waals surface area contributed by atoms with Gasteiger partial charge in [-0.25, -0.2) is 0 Å². The number of hydrogen-bond donors (Lipinski definition) is 1. The molecule has 1 aromatic heterocycles. The number of ether oxygens (including phenoxy) is 1. The van der Waals surface area contributed by atoms with E-state index in [1.807, 2.05) is 19.1 Å². The molecule has 0 spiro atoms. The molecule has 2 atom stereocenters. The predicted octanol–water partition coefficient (Wildman–Crippen LogP) is 3.36. The monoisotopic (exact) mass is 295 g/mol. The molecule has 0 bridgehead atoms. The fraction of sp³-hybridized carbons (Fsp3) is 0.444. The molecule has 2 aliphatic rings. The first kappa shape index (κ1) is 13.7. The number of aryl methyl sites for hydroxylation is 2. The Bertz CT molecular complexity index is 669. The molecule has 4 nitrogen and oxygen atoms in total. The molecule has 0 unspecified atom stereocenters. The Labute approximate surface area is 130 Å². The molecule has 1 saturated heterocycles. The minimum atomic E-state index is 0.562. The first-order chi connectivity index (χ1) is 10.8. The summed E-state index contributed by atoms with van der Waals surface area (Å²) in [6.45, 7) is 3.07. The Morgan fingerprint density at radius 3 is 2.95 bits per heavy atom. The summed E-state index contributed by atoms with van der Waals surface area (Å²) in [6.07, 6.45) is 4.83. The number of piperidine rings is 1. The van der Waals surface area contributed by atoms with Gasteiger partial charge < -0.3 is 10.1 Å². The number of fused-ring (bicyclic) bond motifs is 3. The van der Waals surface area contributed by atoms with Gasteiger partial charge in [0.15, 0.2) is 0 Å². The lowest BCUT2D eigenvalue weighted by Gasteiger charge is -2.38. The van der Waals surface area contributed by atoms with E-state index in [1.54, 1.807) is 0 Å². The van der Waals surface area contributed by atoms with Crippen LogP contribution in [0.3, 0.4) is 0 Å². The van der Waals surface area contributed by atoms with E-state index in [9.17, 15) is 0 Å². The fourth-order valence-corrected chi connectivity index (χ4v) is 3.78. The minimum Gasteiger partial charge on any atom is -0.437 e. The van der Waals surface area contributed by atoms with Gasteiger partial charge in [-0.2, -0.15) is 5.10 Å². The molecule has 1 aliphatic carbocycles. The lowest BCUT2D eigenvalue weighted by molar-refractivity contribution is 0.311. The first-order valence-corrected chi connectivity index (χ1v) is 8.14. The summed E-state index contributed by atoms with van der Waals surface area (Å²) in [4.78, 5) is 0. The van der Waals surface area contributed by atoms with Crippen LogP contribution in [-0.4, -0.2) is 22.8 Å². The van der Waals surface area contributed by atoms with E-state index >= 15 is 0 Å². The zero-order valence-corrected chi connectivity index (χ0v) is 12.9. The fourth-order valence-electron chi connectivity index (χ4n) is 3.78. The summed E-state index contributed by atoms with van der Waals surface area (Å²) >= 11 is 0. The normalized spacial score (nSPS) is 23.5. The van der Waals surface area contributed by atoms with Crippen molar-refractivity contribution in [2.24, 2.45) is 0 Å². The standard InChI is InChI=1S/C18H21N3O/c1-12-7-10-17(21-20-12)22-16-6-2-4-13-8-9-15-14(18(13)16)5-3-11-19-15/h2,4,6-7,10,14-15,19H,3,5,8-9,11H2,1H3/t14-,15-/m1/s1. The minimum absolute atomic E-state index is 0.562. The van der Waals surface area contributed by atoms with Crippen LogP contribution in [0.5, 0.6) is 11.6 Å². The van der Waals surface area contributed by atoms with E-state index in [0.29, 0.717) is 17.8 Å². The molecule has 22 heavy (non-hydrogen) atoms. The van der Waals surface area contributed by atoms with Gasteiger partial charge in [-0.1, -0.05) is 12.1 Å². The van der Waals surface area contributed by atoms with Gasteiger partial charge in [0.05, 0.1) is 5.69 Å². The Kier molecular flexibility index (Phi) is 3.54. The third kappa shape index (κ3) is 2.48. The van der Waals surface area contributed by atoms with Crippen molar-refractivity contribution in [1.82, 2.24) is 15.5 Å². The highest BCUT2D eigenvalue weighted by Crippen LogP contribution is 2.42. The predicted molar refractivity (Wildman–Crippen MR) is 85.4 cm³/mol. The number of nitrogens with zero attached hydrogens (tertiary/aromatic N) is 2. The Morgan fingerprint density at radius 2 is 2.09 bits per heavy atom. The first-order valence-electron chi connectivity index (χ1n) is 8.14. The maximum atomic E-state index is 6.08. The summed E-state index contributed by atoms with van der Waals surface area (Å²) in [6, 6.07) is 10.8. The molecule has 0 saturated carbocycles. The highest BCUT2D eigenvalue weighted by molar-refractivity contribution is 5.47. The van der Waals surface area contributed by atoms with Crippen molar-refractivity contribution in [3.63, 3.8) is 0 Å². The van der Waals surface area contributed by atoms with Crippen LogP contribution in [0.2, 0.25) is 0 Å². The lowest BCUT2D eigenvalue weighted by Crippen LogP contribution is -2.42. The third-order valence-electron chi connectivity index (χ3n) is 4.82. The summed E-state index contributed by atoms with van der Waals surface area (Å²) in [7, 11) is 0. The van der Waals surface area contributed by atoms with Gasteiger partial charge in [-0.3, -0.25) is 0 Å². The van der Waals surface area contributed by atoms with Crippen LogP contribution in [-0.2, 0) is 6.42 Å². The highest BCUT2D eigenvalue weighted by atomic mass is 16.5. The van der Waals surface area contributed by atoms with Crippen LogP contribution in [0.1, 0.15) is 42.0 Å². The molecule has 1 N–H and O–H groups in total. The largest absolute Gasteiger partial charge is 0.437 e. The molecule has 0 amide bonds. The SMILES string of the molecule is Cc1ccc(Oc2cccc3c2[C@@H]2CCCN[C@@H]2CC3)nn1. The van der Waals surface area contributed by atoms with Crippen LogP contribution in [0.15, 0.2) is 30.3 Å². The quantitative estimate of drug-likeness (QED) is 0.923. The molecule has 1 aromatic carbocycles. The van der Waals surface area contributed by atoms with E-state index < -0.39 is 0 Å². The van der Waals surface area contributed by atoms with E-state index in [0.717, 1.165) is 24.4 Å². The van der Waals surface area contributed by atoms with Crippen molar-refractivity contribution in [3.05, 3.63) is 47.2 Å². The van der Waals surface area contributed by atoms with Crippen LogP contribution < -0.4 is 10.1 Å². The van der Waals surface area contributed by atoms with Crippen molar-refractivity contribution in [1.29, 1.82) is 0 Å². The smallest absolute Gasteiger partial charge is 0.238 e. The summed E-state index contributed by atoms with van der Waals surface area (Å²) in [5.41, 5.74) is 3.72. The van der Waals surface area contributed by atoms with Crippen molar-refractivity contribution in [2.75, 3.05) is 6.54 Å². The molecular weight excluding hydrogens is 274 g/mol. The Morgan fingerprint density at radius 1 is 1.14 bits per heavy atom. The second-order valence-corrected chi connectivity index (χ2v) is 6.29. The molecule has 1 fully saturated rings. The van der Waals surface area contributed by atoms with Crippen LogP contribution in [0, 0.1) is 6.92 Å². The number of benzene rings is 1. The van der Waals surface area contributed by atoms with Gasteiger partial charge in [0.2, 0.25) is 5.88 Å². The van der Waals surface area contributed by atoms with E-state index in [-0.39, 0.29) is 0 Å². The molecule has 2 heterocycles. The zero-order valence-electron chi connectivity index (χ0n) is 12.9. The van der Waals surface area contributed by atoms with Gasteiger partial charge in [0.1, 0.15) is 5.75 Å². The van der Waals surface area contributed by atoms with E-state index in [1.165, 1.54) is 30.4 Å². The van der Waals surface area contributed by atoms with Gasteiger partial charge in [0, 0.05) is 23.6 Å². The molecule has 114 valence electrons. The zero-order chi connectivity index (χ0) is 14.9. The average molecular weight is 295 g/mol. The Balaban J connectivity index is 1.70. The van der Waals surface area contributed by atoms with E-state index in [4.69, 9.17) is 4.74 Å². The molecule has 2 aromatic rings. The van der Waals surface area contributed by atoms with E-state index in [2.05, 4.69) is 33.7 Å². The lowest BCUT2D eigenvalue weighted by atomic mass is 9.75. The second-order valence-electron chi connectivity index (χ2n) is 6.29. The number of aromatic nitrogens is 2. The Hall–Kier alpha value is -1.94. The molecule has 0 radical (unpaired) electrons. The number of nitrogens with one attached hydrogen (secondary N) is 1. The van der Waals surface area contributed by atoms with Crippen LogP contribution >= 0.6 is 0 Å². The molecule has 1 aliphatic heterocycles. The van der Waals surface area contributed by atoms with Crippen molar-refractivity contribution in [2.45, 2.75) is 44.6 Å². The van der Waals surface area contributed by atoms with Crippen LogP contribution in [0.25, 0.3) is 0 Å². The summed E-state index contributed by atoms with van der Waals surface area (Å²) < 4.78 is 6.08. The van der Waals surface area contributed by atoms with Gasteiger partial charge in [-0.15, -0.1) is 5.10 Å². The average Bonchev–Trinajstić information content (AvgIpc) is 2.57. The van der Waals surface area contributed by atoms with Crippen molar-refractivity contribution < 1.29 is 4.74 Å². The summed E-state index contributed by atoms with van der Waals surface area (Å²) in [5, 5.41) is 11.9. The second kappa shape index (κ2) is 5.69. The van der Waals surface area contributed by atoms with Crippen molar-refractivity contribution >= 4 is 0 Å². The highest BCUT2D eigenvalue weighted by Gasteiger charge is 2.33. The van der Waals surface area contributed by atoms with Gasteiger partial charge in [0.25, 0.3) is 0 Å². The third-order valence-corrected chi connectivity index (χ3v) is 4.82. The van der Waals surface area contributed by atoms with Gasteiger partial charge in [-0.05, 0) is 56.8 Å². The van der Waals surface area contributed by atoms with Crippen LogP contribution in [0.4, 0.5) is 0 Å². The topological polar surface area (TPSA) is 47.0 Å². The maximum Gasteiger partial charge on any atom is 0.238 e. The molecular formula is C18H21N3O. The number of rotatable bonds is 2. The number of hydrogen-bond acceptors (Lipinski definition) is 4. The van der Waals surface area contributed by atoms with Gasteiger partial charge >= 0.3 is 0 Å². The van der Waals surface area contributed by atoms with Crippen molar-refractivity contribution in [3.8, 4) is 11.6 Å². The molecule has 4 rings (SSSR count). The maximum absolute atomic E-state index is 6.08.